The summed E-state index contributed by atoms with van der Waals surface area (Å²) in [6.45, 7) is 1.94. The van der Waals surface area contributed by atoms with Crippen molar-refractivity contribution in [2.24, 2.45) is 0 Å². The summed E-state index contributed by atoms with van der Waals surface area (Å²) < 4.78 is 6.59. The highest BCUT2D eigenvalue weighted by atomic mass is 79.9. The van der Waals surface area contributed by atoms with Crippen LogP contribution in [0.4, 0.5) is 5.69 Å². The number of hydrogen-bond donors (Lipinski definition) is 1. The Bertz CT molecular complexity index is 856. The number of rotatable bonds is 3. The normalized spacial score (nSPS) is 10.6. The number of amides is 1. The van der Waals surface area contributed by atoms with Gasteiger partial charge in [0.2, 0.25) is 0 Å². The molecule has 5 heteroatoms. The van der Waals surface area contributed by atoms with Gasteiger partial charge in [-0.25, -0.2) is 0 Å². The van der Waals surface area contributed by atoms with Crippen LogP contribution in [0.3, 0.4) is 0 Å². The number of halogens is 2. The number of carbonyl (C=O) groups excluding carboxylic acids is 1. The number of furan rings is 1. The van der Waals surface area contributed by atoms with Gasteiger partial charge in [-0.3, -0.25) is 4.79 Å². The van der Waals surface area contributed by atoms with Crippen LogP contribution in [0, 0.1) is 6.92 Å². The third-order valence-corrected chi connectivity index (χ3v) is 4.32. The molecule has 1 heterocycles. The Morgan fingerprint density at radius 2 is 1.83 bits per heavy atom. The van der Waals surface area contributed by atoms with Gasteiger partial charge in [-0.15, -0.1) is 0 Å². The lowest BCUT2D eigenvalue weighted by Crippen LogP contribution is -2.10. The maximum absolute atomic E-state index is 12.2. The molecule has 116 valence electrons. The molecule has 0 fully saturated rings. The van der Waals surface area contributed by atoms with Crippen LogP contribution in [-0.2, 0) is 0 Å². The van der Waals surface area contributed by atoms with Gasteiger partial charge in [-0.2, -0.15) is 0 Å². The number of nitrogens with one attached hydrogen (secondary N) is 1. The molecule has 1 amide bonds. The number of aryl methyl sites for hydroxylation is 1. The average molecular weight is 391 g/mol. The Balaban J connectivity index is 1.79. The maximum Gasteiger partial charge on any atom is 0.291 e. The van der Waals surface area contributed by atoms with Gasteiger partial charge >= 0.3 is 0 Å². The molecule has 0 radical (unpaired) electrons. The SMILES string of the molecule is Cc1ccc(-c2ccc(C(=O)Nc3ccc(Br)cc3)o2)cc1Cl. The highest BCUT2D eigenvalue weighted by molar-refractivity contribution is 9.10. The van der Waals surface area contributed by atoms with Crippen LogP contribution >= 0.6 is 27.5 Å². The highest BCUT2D eigenvalue weighted by Gasteiger charge is 2.13. The first-order chi connectivity index (χ1) is 11.0. The summed E-state index contributed by atoms with van der Waals surface area (Å²) in [5.41, 5.74) is 2.54. The fourth-order valence-electron chi connectivity index (χ4n) is 2.09. The summed E-state index contributed by atoms with van der Waals surface area (Å²) >= 11 is 9.48. The van der Waals surface area contributed by atoms with Gasteiger partial charge in [0.1, 0.15) is 5.76 Å². The van der Waals surface area contributed by atoms with Crippen molar-refractivity contribution >= 4 is 39.1 Å². The van der Waals surface area contributed by atoms with Crippen molar-refractivity contribution in [3.05, 3.63) is 75.4 Å². The molecule has 3 nitrogen and oxygen atoms in total. The predicted molar refractivity (Wildman–Crippen MR) is 96.0 cm³/mol. The lowest BCUT2D eigenvalue weighted by Gasteiger charge is -2.03. The van der Waals surface area contributed by atoms with E-state index in [-0.39, 0.29) is 11.7 Å². The van der Waals surface area contributed by atoms with Crippen LogP contribution in [-0.4, -0.2) is 5.91 Å². The molecular weight excluding hydrogens is 378 g/mol. The molecule has 0 aliphatic carbocycles. The van der Waals surface area contributed by atoms with Crippen LogP contribution in [0.5, 0.6) is 0 Å². The van der Waals surface area contributed by atoms with E-state index in [1.807, 2.05) is 49.4 Å². The Hall–Kier alpha value is -2.04. The quantitative estimate of drug-likeness (QED) is 0.603. The number of benzene rings is 2. The molecular formula is C18H13BrClNO2. The monoisotopic (exact) mass is 389 g/mol. The average Bonchev–Trinajstić information content (AvgIpc) is 3.02. The minimum absolute atomic E-state index is 0.250. The number of hydrogen-bond acceptors (Lipinski definition) is 2. The second kappa shape index (κ2) is 6.60. The first-order valence-corrected chi connectivity index (χ1v) is 8.13. The lowest BCUT2D eigenvalue weighted by molar-refractivity contribution is 0.0997. The summed E-state index contributed by atoms with van der Waals surface area (Å²) in [6, 6.07) is 16.4. The molecule has 1 aromatic heterocycles. The van der Waals surface area contributed by atoms with Crippen LogP contribution in [0.15, 0.2) is 63.5 Å². The van der Waals surface area contributed by atoms with Crippen LogP contribution in [0.1, 0.15) is 16.1 Å². The third-order valence-electron chi connectivity index (χ3n) is 3.39. The Morgan fingerprint density at radius 3 is 2.52 bits per heavy atom. The van der Waals surface area contributed by atoms with E-state index in [0.717, 1.165) is 15.6 Å². The fraction of sp³-hybridized carbons (Fsp3) is 0.0556. The summed E-state index contributed by atoms with van der Waals surface area (Å²) in [4.78, 5) is 12.2. The first kappa shape index (κ1) is 15.8. The van der Waals surface area contributed by atoms with Crippen molar-refractivity contribution in [1.82, 2.24) is 0 Å². The van der Waals surface area contributed by atoms with Gasteiger partial charge in [-0.1, -0.05) is 39.7 Å². The maximum atomic E-state index is 12.2. The standard InChI is InChI=1S/C18H13BrClNO2/c1-11-2-3-12(10-15(11)20)16-8-9-17(23-16)18(22)21-14-6-4-13(19)5-7-14/h2-10H,1H3,(H,21,22). The van der Waals surface area contributed by atoms with Crippen molar-refractivity contribution in [2.45, 2.75) is 6.92 Å². The second-order valence-electron chi connectivity index (χ2n) is 5.09. The van der Waals surface area contributed by atoms with E-state index in [1.54, 1.807) is 12.1 Å². The van der Waals surface area contributed by atoms with Crippen molar-refractivity contribution < 1.29 is 9.21 Å². The van der Waals surface area contributed by atoms with Crippen molar-refractivity contribution in [2.75, 3.05) is 5.32 Å². The molecule has 0 saturated carbocycles. The van der Waals surface area contributed by atoms with Crippen LogP contribution < -0.4 is 5.32 Å². The zero-order chi connectivity index (χ0) is 16.4. The predicted octanol–water partition coefficient (Wildman–Crippen LogP) is 5.92. The minimum Gasteiger partial charge on any atom is -0.451 e. The number of carbonyl (C=O) groups is 1. The van der Waals surface area contributed by atoms with Gasteiger partial charge < -0.3 is 9.73 Å². The summed E-state index contributed by atoms with van der Waals surface area (Å²) in [6.07, 6.45) is 0. The van der Waals surface area contributed by atoms with E-state index in [2.05, 4.69) is 21.2 Å². The van der Waals surface area contributed by atoms with Gasteiger partial charge in [0.15, 0.2) is 5.76 Å². The fourth-order valence-corrected chi connectivity index (χ4v) is 2.53. The third kappa shape index (κ3) is 3.66. The van der Waals surface area contributed by atoms with E-state index >= 15 is 0 Å². The summed E-state index contributed by atoms with van der Waals surface area (Å²) in [5.74, 6) is 0.559. The molecule has 0 bridgehead atoms. The molecule has 0 aliphatic rings. The van der Waals surface area contributed by atoms with Gasteiger partial charge in [0.05, 0.1) is 0 Å². The highest BCUT2D eigenvalue weighted by Crippen LogP contribution is 2.27. The van der Waals surface area contributed by atoms with Crippen molar-refractivity contribution in [3.63, 3.8) is 0 Å². The van der Waals surface area contributed by atoms with E-state index < -0.39 is 0 Å². The molecule has 23 heavy (non-hydrogen) atoms. The summed E-state index contributed by atoms with van der Waals surface area (Å²) in [5, 5.41) is 3.46. The van der Waals surface area contributed by atoms with E-state index in [4.69, 9.17) is 16.0 Å². The van der Waals surface area contributed by atoms with E-state index in [0.29, 0.717) is 16.5 Å². The molecule has 0 atom stereocenters. The van der Waals surface area contributed by atoms with Crippen molar-refractivity contribution in [1.29, 1.82) is 0 Å². The molecule has 0 saturated heterocycles. The minimum atomic E-state index is -0.295. The zero-order valence-electron chi connectivity index (χ0n) is 12.3. The largest absolute Gasteiger partial charge is 0.451 e. The van der Waals surface area contributed by atoms with Gasteiger partial charge in [0.25, 0.3) is 5.91 Å². The molecule has 3 rings (SSSR count). The zero-order valence-corrected chi connectivity index (χ0v) is 14.6. The van der Waals surface area contributed by atoms with Crippen LogP contribution in [0.25, 0.3) is 11.3 Å². The van der Waals surface area contributed by atoms with Gasteiger partial charge in [0, 0.05) is 20.7 Å². The smallest absolute Gasteiger partial charge is 0.291 e. The molecule has 0 aliphatic heterocycles. The Morgan fingerprint density at radius 1 is 1.09 bits per heavy atom. The molecule has 0 spiro atoms. The first-order valence-electron chi connectivity index (χ1n) is 6.96. The Labute approximate surface area is 147 Å². The summed E-state index contributed by atoms with van der Waals surface area (Å²) in [7, 11) is 0. The number of anilines is 1. The van der Waals surface area contributed by atoms with Gasteiger partial charge in [-0.05, 0) is 55.0 Å². The van der Waals surface area contributed by atoms with Crippen LogP contribution in [0.2, 0.25) is 5.02 Å². The Kier molecular flexibility index (Phi) is 4.55. The second-order valence-corrected chi connectivity index (χ2v) is 6.41. The topological polar surface area (TPSA) is 42.2 Å². The van der Waals surface area contributed by atoms with E-state index in [9.17, 15) is 4.79 Å². The molecule has 1 N–H and O–H groups in total. The van der Waals surface area contributed by atoms with Crippen molar-refractivity contribution in [3.8, 4) is 11.3 Å². The molecule has 0 unspecified atom stereocenters. The van der Waals surface area contributed by atoms with E-state index in [1.165, 1.54) is 0 Å². The lowest BCUT2D eigenvalue weighted by atomic mass is 10.1. The molecule has 3 aromatic rings. The molecule has 2 aromatic carbocycles.